The zero-order valence-electron chi connectivity index (χ0n) is 20.0. The van der Waals surface area contributed by atoms with Gasteiger partial charge in [0.2, 0.25) is 11.1 Å². The number of carbonyl (C=O) groups is 1. The van der Waals surface area contributed by atoms with E-state index in [0.717, 1.165) is 55.5 Å². The Hall–Kier alpha value is -3.08. The van der Waals surface area contributed by atoms with E-state index >= 15 is 0 Å². The van der Waals surface area contributed by atoms with E-state index in [-0.39, 0.29) is 11.2 Å². The molecule has 1 aliphatic heterocycles. The number of benzene rings is 2. The summed E-state index contributed by atoms with van der Waals surface area (Å²) in [4.78, 5) is 19.8. The molecule has 0 radical (unpaired) electrons. The zero-order chi connectivity index (χ0) is 24.5. The topological polar surface area (TPSA) is 102 Å². The van der Waals surface area contributed by atoms with E-state index in [4.69, 9.17) is 14.2 Å². The summed E-state index contributed by atoms with van der Waals surface area (Å²) < 4.78 is 15.9. The molecule has 0 aliphatic carbocycles. The number of nitrogens with zero attached hydrogens (tertiary/aromatic N) is 3. The van der Waals surface area contributed by atoms with E-state index in [2.05, 4.69) is 25.4 Å². The van der Waals surface area contributed by atoms with Crippen molar-refractivity contribution in [3.63, 3.8) is 0 Å². The van der Waals surface area contributed by atoms with Gasteiger partial charge in [-0.3, -0.25) is 14.8 Å². The number of rotatable bonds is 11. The molecule has 9 nitrogen and oxygen atoms in total. The normalized spacial score (nSPS) is 14.9. The summed E-state index contributed by atoms with van der Waals surface area (Å²) in [6, 6.07) is 15.4. The number of morpholine rings is 1. The van der Waals surface area contributed by atoms with Crippen molar-refractivity contribution in [3.05, 3.63) is 54.1 Å². The maximum Gasteiger partial charge on any atom is 0.221 e. The Bertz CT molecular complexity index is 1070. The SMILES string of the molecule is COc1ccc(-c2nc(S[C@H](CC(=O)NCCN3CCOCC3)c3ccc(OC)cc3)n[nH]2)cc1. The van der Waals surface area contributed by atoms with Gasteiger partial charge in [0.15, 0.2) is 5.82 Å². The molecule has 0 spiro atoms. The number of hydrogen-bond donors (Lipinski definition) is 2. The van der Waals surface area contributed by atoms with Crippen molar-refractivity contribution < 1.29 is 19.0 Å². The summed E-state index contributed by atoms with van der Waals surface area (Å²) in [5, 5.41) is 10.9. The Balaban J connectivity index is 1.41. The molecule has 0 saturated carbocycles. The highest BCUT2D eigenvalue weighted by Gasteiger charge is 2.21. The first-order chi connectivity index (χ1) is 17.1. The fraction of sp³-hybridized carbons (Fsp3) is 0.400. The van der Waals surface area contributed by atoms with E-state index in [1.807, 2.05) is 48.5 Å². The van der Waals surface area contributed by atoms with Crippen LogP contribution in [0.15, 0.2) is 53.7 Å². The molecule has 2 heterocycles. The second-order valence-electron chi connectivity index (χ2n) is 8.08. The summed E-state index contributed by atoms with van der Waals surface area (Å²) in [5.74, 6) is 2.21. The molecule has 1 saturated heterocycles. The average molecular weight is 498 g/mol. The maximum atomic E-state index is 12.8. The number of carbonyl (C=O) groups excluding carboxylic acids is 1. The maximum absolute atomic E-state index is 12.8. The van der Waals surface area contributed by atoms with Crippen LogP contribution in [0.2, 0.25) is 0 Å². The Morgan fingerprint density at radius 2 is 1.74 bits per heavy atom. The van der Waals surface area contributed by atoms with Gasteiger partial charge >= 0.3 is 0 Å². The van der Waals surface area contributed by atoms with Crippen LogP contribution in [0.3, 0.4) is 0 Å². The monoisotopic (exact) mass is 497 g/mol. The number of aromatic nitrogens is 3. The average Bonchev–Trinajstić information content (AvgIpc) is 3.37. The third kappa shape index (κ3) is 7.20. The van der Waals surface area contributed by atoms with Crippen LogP contribution in [0.5, 0.6) is 11.5 Å². The Morgan fingerprint density at radius 3 is 2.40 bits per heavy atom. The van der Waals surface area contributed by atoms with E-state index in [1.165, 1.54) is 11.8 Å². The fourth-order valence-electron chi connectivity index (χ4n) is 3.77. The largest absolute Gasteiger partial charge is 0.497 e. The van der Waals surface area contributed by atoms with Crippen molar-refractivity contribution in [1.29, 1.82) is 0 Å². The van der Waals surface area contributed by atoms with Crippen molar-refractivity contribution >= 4 is 17.7 Å². The van der Waals surface area contributed by atoms with Gasteiger partial charge in [0.1, 0.15) is 11.5 Å². The van der Waals surface area contributed by atoms with Gasteiger partial charge in [0.25, 0.3) is 0 Å². The minimum Gasteiger partial charge on any atom is -0.497 e. The summed E-state index contributed by atoms with van der Waals surface area (Å²) >= 11 is 1.46. The summed E-state index contributed by atoms with van der Waals surface area (Å²) in [5.41, 5.74) is 1.92. The molecule has 1 aliphatic rings. The Morgan fingerprint density at radius 1 is 1.09 bits per heavy atom. The molecule has 2 N–H and O–H groups in total. The number of thioether (sulfide) groups is 1. The highest BCUT2D eigenvalue weighted by molar-refractivity contribution is 7.99. The van der Waals surface area contributed by atoms with E-state index < -0.39 is 0 Å². The molecule has 1 aromatic heterocycles. The van der Waals surface area contributed by atoms with E-state index in [0.29, 0.717) is 23.9 Å². The predicted octanol–water partition coefficient (Wildman–Crippen LogP) is 3.16. The molecule has 186 valence electrons. The van der Waals surface area contributed by atoms with Crippen molar-refractivity contribution in [2.24, 2.45) is 0 Å². The second kappa shape index (κ2) is 12.6. The van der Waals surface area contributed by atoms with Crippen molar-refractivity contribution in [1.82, 2.24) is 25.4 Å². The molecule has 3 aromatic rings. The first-order valence-corrected chi connectivity index (χ1v) is 12.5. The van der Waals surface area contributed by atoms with Crippen LogP contribution in [0.25, 0.3) is 11.4 Å². The molecule has 35 heavy (non-hydrogen) atoms. The molecule has 1 fully saturated rings. The second-order valence-corrected chi connectivity index (χ2v) is 9.25. The van der Waals surface area contributed by atoms with Crippen LogP contribution >= 0.6 is 11.8 Å². The lowest BCUT2D eigenvalue weighted by molar-refractivity contribution is -0.121. The van der Waals surface area contributed by atoms with Gasteiger partial charge in [0, 0.05) is 43.4 Å². The standard InChI is InChI=1S/C25H31N5O4S/c1-32-20-7-3-18(4-8-20)22(17-23(31)26-11-12-30-13-15-34-16-14-30)35-25-27-24(28-29-25)19-5-9-21(33-2)10-6-19/h3-10,22H,11-17H2,1-2H3,(H,26,31)(H,27,28,29)/t22-/m1/s1. The summed E-state index contributed by atoms with van der Waals surface area (Å²) in [6.07, 6.45) is 0.312. The minimum atomic E-state index is -0.149. The third-order valence-electron chi connectivity index (χ3n) is 5.79. The molecule has 10 heteroatoms. The minimum absolute atomic E-state index is 0.00232. The van der Waals surface area contributed by atoms with Gasteiger partial charge in [-0.15, -0.1) is 5.10 Å². The Labute approximate surface area is 209 Å². The quantitative estimate of drug-likeness (QED) is 0.390. The van der Waals surface area contributed by atoms with E-state index in [9.17, 15) is 4.79 Å². The predicted molar refractivity (Wildman–Crippen MR) is 135 cm³/mol. The number of aromatic amines is 1. The molecular weight excluding hydrogens is 466 g/mol. The van der Waals surface area contributed by atoms with Crippen LogP contribution in [0.1, 0.15) is 17.2 Å². The Kier molecular flexibility index (Phi) is 8.99. The van der Waals surface area contributed by atoms with Crippen LogP contribution in [0, 0.1) is 0 Å². The van der Waals surface area contributed by atoms with Gasteiger partial charge in [-0.2, -0.15) is 0 Å². The number of nitrogens with one attached hydrogen (secondary N) is 2. The van der Waals surface area contributed by atoms with Gasteiger partial charge in [-0.25, -0.2) is 4.98 Å². The van der Waals surface area contributed by atoms with Crippen molar-refractivity contribution in [3.8, 4) is 22.9 Å². The van der Waals surface area contributed by atoms with Crippen molar-refractivity contribution in [2.45, 2.75) is 16.8 Å². The molecule has 1 amide bonds. The molecule has 1 atom stereocenters. The molecule has 0 bridgehead atoms. The summed E-state index contributed by atoms with van der Waals surface area (Å²) in [6.45, 7) is 4.74. The lowest BCUT2D eigenvalue weighted by atomic mass is 10.1. The van der Waals surface area contributed by atoms with Gasteiger partial charge in [-0.05, 0) is 42.0 Å². The zero-order valence-corrected chi connectivity index (χ0v) is 20.8. The smallest absolute Gasteiger partial charge is 0.221 e. The molecular formula is C25H31N5O4S. The van der Waals surface area contributed by atoms with Gasteiger partial charge < -0.3 is 19.5 Å². The van der Waals surface area contributed by atoms with Crippen LogP contribution in [-0.2, 0) is 9.53 Å². The number of ether oxygens (including phenoxy) is 3. The first-order valence-electron chi connectivity index (χ1n) is 11.6. The highest BCUT2D eigenvalue weighted by Crippen LogP contribution is 2.37. The number of hydrogen-bond acceptors (Lipinski definition) is 8. The van der Waals surface area contributed by atoms with E-state index in [1.54, 1.807) is 14.2 Å². The lowest BCUT2D eigenvalue weighted by Gasteiger charge is -2.26. The third-order valence-corrected chi connectivity index (χ3v) is 6.91. The summed E-state index contributed by atoms with van der Waals surface area (Å²) in [7, 11) is 3.27. The first kappa shape index (κ1) is 25.0. The highest BCUT2D eigenvalue weighted by atomic mass is 32.2. The number of methoxy groups -OCH3 is 2. The van der Waals surface area contributed by atoms with Crippen LogP contribution in [0.4, 0.5) is 0 Å². The van der Waals surface area contributed by atoms with Crippen molar-refractivity contribution in [2.75, 3.05) is 53.6 Å². The van der Waals surface area contributed by atoms with Crippen LogP contribution < -0.4 is 14.8 Å². The van der Waals surface area contributed by atoms with Gasteiger partial charge in [-0.1, -0.05) is 23.9 Å². The molecule has 2 aromatic carbocycles. The number of amides is 1. The molecule has 4 rings (SSSR count). The lowest BCUT2D eigenvalue weighted by Crippen LogP contribution is -2.41. The number of H-pyrrole nitrogens is 1. The molecule has 0 unspecified atom stereocenters. The van der Waals surface area contributed by atoms with Crippen LogP contribution in [-0.4, -0.2) is 79.6 Å². The fourth-order valence-corrected chi connectivity index (χ4v) is 4.79. The van der Waals surface area contributed by atoms with Gasteiger partial charge in [0.05, 0.1) is 27.4 Å².